The topological polar surface area (TPSA) is 199 Å². The van der Waals surface area contributed by atoms with Crippen molar-refractivity contribution in [3.05, 3.63) is 24.3 Å². The smallest absolute Gasteiger partial charge is 0.229 e. The first-order valence-corrected chi connectivity index (χ1v) is 9.31. The van der Waals surface area contributed by atoms with Crippen LogP contribution in [0.1, 0.15) is 0 Å². The number of phenolic OH excluding ortho intramolecular Hbond substituents is 1. The minimum absolute atomic E-state index is 0.0139. The molecule has 2 aliphatic rings. The van der Waals surface area contributed by atoms with Gasteiger partial charge < -0.3 is 59.8 Å². The van der Waals surface area contributed by atoms with E-state index in [1.54, 1.807) is 0 Å². The minimum atomic E-state index is -1.76. The van der Waals surface area contributed by atoms with Crippen LogP contribution in [0.25, 0.3) is 0 Å². The van der Waals surface area contributed by atoms with Crippen molar-refractivity contribution in [3.8, 4) is 11.5 Å². The van der Waals surface area contributed by atoms with Crippen LogP contribution in [0.3, 0.4) is 0 Å². The highest BCUT2D eigenvalue weighted by atomic mass is 16.7. The van der Waals surface area contributed by atoms with Gasteiger partial charge in [-0.05, 0) is 24.3 Å². The first kappa shape index (κ1) is 23.1. The van der Waals surface area contributed by atoms with Gasteiger partial charge >= 0.3 is 0 Å². The Morgan fingerprint density at radius 3 is 1.87 bits per heavy atom. The predicted octanol–water partition coefficient (Wildman–Crippen LogP) is -3.60. The van der Waals surface area contributed by atoms with Crippen LogP contribution >= 0.6 is 0 Å². The number of ether oxygens (including phenoxy) is 4. The normalized spacial score (nSPS) is 42.1. The maximum absolute atomic E-state index is 10.6. The zero-order valence-electron chi connectivity index (χ0n) is 15.7. The molecule has 0 saturated carbocycles. The fourth-order valence-corrected chi connectivity index (χ4v) is 3.30. The molecule has 10 unspecified atom stereocenters. The van der Waals surface area contributed by atoms with Crippen LogP contribution in [0.5, 0.6) is 11.5 Å². The Labute approximate surface area is 171 Å². The summed E-state index contributed by atoms with van der Waals surface area (Å²) in [5, 5.41) is 79.0. The van der Waals surface area contributed by atoms with Crippen LogP contribution < -0.4 is 4.74 Å². The molecule has 30 heavy (non-hydrogen) atoms. The molecule has 0 radical (unpaired) electrons. The van der Waals surface area contributed by atoms with E-state index >= 15 is 0 Å². The van der Waals surface area contributed by atoms with Gasteiger partial charge in [0.2, 0.25) is 6.29 Å². The van der Waals surface area contributed by atoms with Gasteiger partial charge in [-0.2, -0.15) is 0 Å². The van der Waals surface area contributed by atoms with Crippen molar-refractivity contribution in [1.82, 2.24) is 0 Å². The van der Waals surface area contributed by atoms with E-state index in [1.165, 1.54) is 24.3 Å². The number of hydrogen-bond donors (Lipinski definition) is 8. The van der Waals surface area contributed by atoms with E-state index in [9.17, 15) is 40.9 Å². The summed E-state index contributed by atoms with van der Waals surface area (Å²) < 4.78 is 21.6. The van der Waals surface area contributed by atoms with Crippen LogP contribution in [-0.2, 0) is 14.2 Å². The molecule has 10 atom stereocenters. The van der Waals surface area contributed by atoms with Crippen LogP contribution in [0, 0.1) is 0 Å². The Balaban J connectivity index is 1.76. The number of rotatable bonds is 6. The van der Waals surface area contributed by atoms with Crippen LogP contribution in [0.15, 0.2) is 24.3 Å². The lowest BCUT2D eigenvalue weighted by Gasteiger charge is -2.45. The van der Waals surface area contributed by atoms with Crippen molar-refractivity contribution < 1.29 is 59.8 Å². The fourth-order valence-electron chi connectivity index (χ4n) is 3.30. The molecule has 2 aliphatic heterocycles. The molecule has 170 valence electrons. The molecule has 2 fully saturated rings. The summed E-state index contributed by atoms with van der Waals surface area (Å²) >= 11 is 0. The van der Waals surface area contributed by atoms with Crippen molar-refractivity contribution in [2.45, 2.75) is 61.4 Å². The van der Waals surface area contributed by atoms with E-state index in [2.05, 4.69) is 0 Å². The second kappa shape index (κ2) is 9.70. The minimum Gasteiger partial charge on any atom is -0.508 e. The summed E-state index contributed by atoms with van der Waals surface area (Å²) in [6.45, 7) is -1.34. The monoisotopic (exact) mass is 434 g/mol. The molecule has 0 aliphatic carbocycles. The summed E-state index contributed by atoms with van der Waals surface area (Å²) in [5.41, 5.74) is 0. The van der Waals surface area contributed by atoms with Gasteiger partial charge in [0, 0.05) is 0 Å². The van der Waals surface area contributed by atoms with Crippen molar-refractivity contribution in [3.63, 3.8) is 0 Å². The van der Waals surface area contributed by atoms with E-state index in [0.29, 0.717) is 0 Å². The molecule has 12 heteroatoms. The Bertz CT molecular complexity index is 670. The van der Waals surface area contributed by atoms with E-state index < -0.39 is 74.6 Å². The Hall–Kier alpha value is -1.58. The molecule has 0 aromatic heterocycles. The largest absolute Gasteiger partial charge is 0.508 e. The van der Waals surface area contributed by atoms with Gasteiger partial charge in [0.05, 0.1) is 13.2 Å². The van der Waals surface area contributed by atoms with Crippen LogP contribution in [0.4, 0.5) is 0 Å². The highest BCUT2D eigenvalue weighted by molar-refractivity contribution is 5.30. The number of aromatic hydroxyl groups is 1. The number of phenols is 1. The van der Waals surface area contributed by atoms with Gasteiger partial charge in [0.25, 0.3) is 0 Å². The zero-order chi connectivity index (χ0) is 22.0. The predicted molar refractivity (Wildman–Crippen MR) is 95.1 cm³/mol. The number of aliphatic hydroxyl groups excluding tert-OH is 7. The number of hydrogen-bond acceptors (Lipinski definition) is 12. The van der Waals surface area contributed by atoms with Crippen molar-refractivity contribution in [1.29, 1.82) is 0 Å². The lowest BCUT2D eigenvalue weighted by molar-refractivity contribution is -0.352. The van der Waals surface area contributed by atoms with Crippen LogP contribution in [0.2, 0.25) is 0 Å². The molecule has 0 amide bonds. The molecule has 0 bridgehead atoms. The summed E-state index contributed by atoms with van der Waals surface area (Å²) in [6.07, 6.45) is -15.3. The maximum Gasteiger partial charge on any atom is 0.229 e. The van der Waals surface area contributed by atoms with E-state index in [0.717, 1.165) is 0 Å². The molecule has 2 saturated heterocycles. The first-order chi connectivity index (χ1) is 14.3. The van der Waals surface area contributed by atoms with E-state index in [4.69, 9.17) is 18.9 Å². The molecule has 0 spiro atoms. The quantitative estimate of drug-likeness (QED) is 0.219. The number of aliphatic hydroxyl groups is 7. The van der Waals surface area contributed by atoms with E-state index in [1.807, 2.05) is 0 Å². The Morgan fingerprint density at radius 1 is 0.700 bits per heavy atom. The van der Waals surface area contributed by atoms with Crippen molar-refractivity contribution >= 4 is 0 Å². The Kier molecular flexibility index (Phi) is 7.47. The van der Waals surface area contributed by atoms with Crippen molar-refractivity contribution in [2.75, 3.05) is 13.2 Å². The summed E-state index contributed by atoms with van der Waals surface area (Å²) in [7, 11) is 0. The van der Waals surface area contributed by atoms with Crippen molar-refractivity contribution in [2.24, 2.45) is 0 Å². The summed E-state index contributed by atoms with van der Waals surface area (Å²) in [5.74, 6) is 0.191. The first-order valence-electron chi connectivity index (χ1n) is 9.31. The fraction of sp³-hybridized carbons (Fsp3) is 0.667. The molecule has 12 nitrogen and oxygen atoms in total. The lowest BCUT2D eigenvalue weighted by atomic mass is 9.97. The zero-order valence-corrected chi connectivity index (χ0v) is 15.7. The lowest BCUT2D eigenvalue weighted by Crippen LogP contribution is -2.65. The maximum atomic E-state index is 10.6. The third-order valence-corrected chi connectivity index (χ3v) is 5.05. The van der Waals surface area contributed by atoms with Gasteiger partial charge in [-0.25, -0.2) is 0 Å². The standard InChI is InChI=1S/C18H26O12/c19-5-9-11(22)13(24)14(25)17(28-9)30-16-12(23)10(6-20)29-18(15(16)26)27-8-3-1-7(21)2-4-8/h1-4,9-26H,5-6H2. The second-order valence-electron chi connectivity index (χ2n) is 7.12. The average Bonchev–Trinajstić information content (AvgIpc) is 2.74. The third kappa shape index (κ3) is 4.68. The molecule has 1 aromatic carbocycles. The Morgan fingerprint density at radius 2 is 1.27 bits per heavy atom. The van der Waals surface area contributed by atoms with Gasteiger partial charge in [0.15, 0.2) is 6.29 Å². The molecular weight excluding hydrogens is 408 g/mol. The molecular formula is C18H26O12. The molecule has 1 aromatic rings. The molecule has 2 heterocycles. The second-order valence-corrected chi connectivity index (χ2v) is 7.12. The highest BCUT2D eigenvalue weighted by Gasteiger charge is 2.51. The highest BCUT2D eigenvalue weighted by Crippen LogP contribution is 2.30. The van der Waals surface area contributed by atoms with Crippen LogP contribution in [-0.4, -0.2) is 115 Å². The number of benzene rings is 1. The summed E-state index contributed by atoms with van der Waals surface area (Å²) in [6, 6.07) is 5.48. The van der Waals surface area contributed by atoms with E-state index in [-0.39, 0.29) is 11.5 Å². The van der Waals surface area contributed by atoms with Gasteiger partial charge in [-0.15, -0.1) is 0 Å². The van der Waals surface area contributed by atoms with Gasteiger partial charge in [-0.1, -0.05) is 0 Å². The van der Waals surface area contributed by atoms with Gasteiger partial charge in [-0.3, -0.25) is 0 Å². The molecule has 3 rings (SSSR count). The molecule has 8 N–H and O–H groups in total. The van der Waals surface area contributed by atoms with Gasteiger partial charge in [0.1, 0.15) is 60.3 Å². The summed E-state index contributed by atoms with van der Waals surface area (Å²) in [4.78, 5) is 0. The SMILES string of the molecule is OCC1OC(OC2C(O)C(CO)OC(Oc3ccc(O)cc3)C2O)C(O)C(O)C1O. The average molecular weight is 434 g/mol. The third-order valence-electron chi connectivity index (χ3n) is 5.05.